The van der Waals surface area contributed by atoms with Crippen LogP contribution >= 0.6 is 0 Å². The van der Waals surface area contributed by atoms with E-state index in [9.17, 15) is 14.7 Å². The van der Waals surface area contributed by atoms with Gasteiger partial charge in [0.05, 0.1) is 6.54 Å². The fourth-order valence-corrected chi connectivity index (χ4v) is 1.53. The number of nitrogens with zero attached hydrogens (tertiary/aromatic N) is 1. The van der Waals surface area contributed by atoms with E-state index in [1.807, 2.05) is 0 Å². The molecule has 1 amide bonds. The van der Waals surface area contributed by atoms with Gasteiger partial charge >= 0.3 is 5.97 Å². The zero-order valence-corrected chi connectivity index (χ0v) is 11.2. The number of carbonyl (C=O) groups is 2. The van der Waals surface area contributed by atoms with Gasteiger partial charge in [-0.1, -0.05) is 19.8 Å². The molecule has 18 heavy (non-hydrogen) atoms. The van der Waals surface area contributed by atoms with Crippen LogP contribution in [0, 0.1) is 0 Å². The smallest absolute Gasteiger partial charge is 0.317 e. The number of aliphatic hydroxyl groups is 1. The van der Waals surface area contributed by atoms with Gasteiger partial charge in [0.2, 0.25) is 5.91 Å². The second-order valence-corrected chi connectivity index (χ2v) is 4.30. The number of nitrogens with one attached hydrogen (secondary N) is 1. The molecule has 0 fully saturated rings. The van der Waals surface area contributed by atoms with E-state index in [4.69, 9.17) is 5.11 Å². The third-order valence-electron chi connectivity index (χ3n) is 2.60. The van der Waals surface area contributed by atoms with Crippen molar-refractivity contribution >= 4 is 11.9 Å². The van der Waals surface area contributed by atoms with E-state index in [2.05, 4.69) is 12.2 Å². The Hall–Kier alpha value is -1.14. The molecule has 0 aromatic rings. The molecule has 106 valence electrons. The summed E-state index contributed by atoms with van der Waals surface area (Å²) in [6, 6.07) is 0. The summed E-state index contributed by atoms with van der Waals surface area (Å²) < 4.78 is 0. The molecular formula is C12H24N2O4. The van der Waals surface area contributed by atoms with Crippen molar-refractivity contribution in [2.75, 3.05) is 19.6 Å². The van der Waals surface area contributed by atoms with Crippen LogP contribution in [0.25, 0.3) is 0 Å². The highest BCUT2D eigenvalue weighted by molar-refractivity contribution is 5.75. The minimum atomic E-state index is -0.995. The Morgan fingerprint density at radius 1 is 1.33 bits per heavy atom. The van der Waals surface area contributed by atoms with E-state index in [1.165, 1.54) is 11.8 Å². The Balaban J connectivity index is 3.78. The summed E-state index contributed by atoms with van der Waals surface area (Å²) in [6.45, 7) is 4.02. The molecule has 0 saturated carbocycles. The number of unbranched alkanes of at least 4 members (excludes halogenated alkanes) is 2. The van der Waals surface area contributed by atoms with Crippen molar-refractivity contribution in [3.05, 3.63) is 0 Å². The van der Waals surface area contributed by atoms with Crippen LogP contribution in [-0.4, -0.2) is 52.9 Å². The molecule has 0 rings (SSSR count). The fourth-order valence-electron chi connectivity index (χ4n) is 1.53. The molecule has 1 unspecified atom stereocenters. The molecule has 0 radical (unpaired) electrons. The number of aliphatic hydroxyl groups excluding tert-OH is 1. The van der Waals surface area contributed by atoms with Crippen molar-refractivity contribution in [2.24, 2.45) is 0 Å². The molecule has 6 heteroatoms. The van der Waals surface area contributed by atoms with Crippen molar-refractivity contribution < 1.29 is 19.8 Å². The van der Waals surface area contributed by atoms with Gasteiger partial charge in [0.1, 0.15) is 6.23 Å². The van der Waals surface area contributed by atoms with Gasteiger partial charge < -0.3 is 15.5 Å². The lowest BCUT2D eigenvalue weighted by Gasteiger charge is -2.23. The van der Waals surface area contributed by atoms with Crippen molar-refractivity contribution in [3.8, 4) is 0 Å². The first-order valence-corrected chi connectivity index (χ1v) is 6.38. The first-order chi connectivity index (χ1) is 8.47. The van der Waals surface area contributed by atoms with E-state index in [1.54, 1.807) is 0 Å². The second-order valence-electron chi connectivity index (χ2n) is 4.30. The van der Waals surface area contributed by atoms with Crippen LogP contribution in [0.15, 0.2) is 0 Å². The van der Waals surface area contributed by atoms with Gasteiger partial charge in [-0.2, -0.15) is 0 Å². The maximum Gasteiger partial charge on any atom is 0.317 e. The molecule has 1 atom stereocenters. The molecule has 0 spiro atoms. The number of rotatable bonds is 10. The summed E-state index contributed by atoms with van der Waals surface area (Å²) in [5, 5.41) is 20.7. The van der Waals surface area contributed by atoms with Crippen molar-refractivity contribution in [1.29, 1.82) is 0 Å². The standard InChI is InChI=1S/C12H24N2O4/c1-3-4-5-6-11(16)13-7-8-14(10(2)15)9-12(17)18/h10,15H,3-9H2,1-2H3,(H,13,16)(H,17,18). The molecule has 0 aromatic carbocycles. The van der Waals surface area contributed by atoms with E-state index in [0.29, 0.717) is 19.5 Å². The summed E-state index contributed by atoms with van der Waals surface area (Å²) in [5.74, 6) is -1.02. The molecule has 0 bridgehead atoms. The Morgan fingerprint density at radius 3 is 2.50 bits per heavy atom. The van der Waals surface area contributed by atoms with Crippen LogP contribution in [0.2, 0.25) is 0 Å². The first-order valence-electron chi connectivity index (χ1n) is 6.38. The third-order valence-corrected chi connectivity index (χ3v) is 2.60. The summed E-state index contributed by atoms with van der Waals surface area (Å²) in [5.41, 5.74) is 0. The van der Waals surface area contributed by atoms with Crippen LogP contribution in [0.1, 0.15) is 39.5 Å². The molecule has 0 aromatic heterocycles. The highest BCUT2D eigenvalue weighted by Crippen LogP contribution is 1.98. The fraction of sp³-hybridized carbons (Fsp3) is 0.833. The van der Waals surface area contributed by atoms with E-state index in [-0.39, 0.29) is 12.5 Å². The number of hydrogen-bond donors (Lipinski definition) is 3. The molecule has 0 saturated heterocycles. The maximum absolute atomic E-state index is 11.4. The van der Waals surface area contributed by atoms with Crippen LogP contribution in [-0.2, 0) is 9.59 Å². The predicted octanol–water partition coefficient (Wildman–Crippen LogP) is 0.408. The number of carboxylic acids is 1. The van der Waals surface area contributed by atoms with E-state index in [0.717, 1.165) is 19.3 Å². The molecule has 0 aliphatic carbocycles. The van der Waals surface area contributed by atoms with Crippen LogP contribution < -0.4 is 5.32 Å². The van der Waals surface area contributed by atoms with Gasteiger partial charge in [-0.15, -0.1) is 0 Å². The molecule has 0 heterocycles. The molecule has 6 nitrogen and oxygen atoms in total. The van der Waals surface area contributed by atoms with Gasteiger partial charge in [0.15, 0.2) is 0 Å². The molecule has 0 aliphatic rings. The van der Waals surface area contributed by atoms with Gasteiger partial charge in [-0.3, -0.25) is 14.5 Å². The lowest BCUT2D eigenvalue weighted by molar-refractivity contribution is -0.141. The number of aliphatic carboxylic acids is 1. The molecule has 3 N–H and O–H groups in total. The summed E-state index contributed by atoms with van der Waals surface area (Å²) >= 11 is 0. The quantitative estimate of drug-likeness (QED) is 0.391. The van der Waals surface area contributed by atoms with Crippen molar-refractivity contribution in [1.82, 2.24) is 10.2 Å². The highest BCUT2D eigenvalue weighted by Gasteiger charge is 2.14. The average Bonchev–Trinajstić information content (AvgIpc) is 2.27. The predicted molar refractivity (Wildman–Crippen MR) is 68.0 cm³/mol. The van der Waals surface area contributed by atoms with Crippen molar-refractivity contribution in [3.63, 3.8) is 0 Å². The number of carboxylic acid groups (broad SMARTS) is 1. The zero-order valence-electron chi connectivity index (χ0n) is 11.2. The SMILES string of the molecule is CCCCCC(=O)NCCN(CC(=O)O)C(C)O. The zero-order chi connectivity index (χ0) is 14.0. The topological polar surface area (TPSA) is 89.9 Å². The minimum Gasteiger partial charge on any atom is -0.480 e. The van der Waals surface area contributed by atoms with E-state index < -0.39 is 12.2 Å². The molecule has 0 aliphatic heterocycles. The maximum atomic E-state index is 11.4. The van der Waals surface area contributed by atoms with Crippen molar-refractivity contribution in [2.45, 2.75) is 45.8 Å². The van der Waals surface area contributed by atoms with Gasteiger partial charge in [0.25, 0.3) is 0 Å². The number of hydrogen-bond acceptors (Lipinski definition) is 4. The normalized spacial score (nSPS) is 12.4. The van der Waals surface area contributed by atoms with Crippen LogP contribution in [0.4, 0.5) is 0 Å². The minimum absolute atomic E-state index is 0.0238. The first kappa shape index (κ1) is 16.9. The Bertz CT molecular complexity index is 256. The average molecular weight is 260 g/mol. The summed E-state index contributed by atoms with van der Waals surface area (Å²) in [4.78, 5) is 23.3. The Labute approximate surface area is 108 Å². The van der Waals surface area contributed by atoms with E-state index >= 15 is 0 Å². The van der Waals surface area contributed by atoms with Gasteiger partial charge in [-0.25, -0.2) is 0 Å². The van der Waals surface area contributed by atoms with Gasteiger partial charge in [-0.05, 0) is 13.3 Å². The summed E-state index contributed by atoms with van der Waals surface area (Å²) in [7, 11) is 0. The number of amides is 1. The molecular weight excluding hydrogens is 236 g/mol. The van der Waals surface area contributed by atoms with Gasteiger partial charge in [0, 0.05) is 19.5 Å². The van der Waals surface area contributed by atoms with Crippen LogP contribution in [0.3, 0.4) is 0 Å². The monoisotopic (exact) mass is 260 g/mol. The lowest BCUT2D eigenvalue weighted by Crippen LogP contribution is -2.42. The summed E-state index contributed by atoms with van der Waals surface area (Å²) in [6.07, 6.45) is 2.64. The second kappa shape index (κ2) is 9.85. The highest BCUT2D eigenvalue weighted by atomic mass is 16.4. The van der Waals surface area contributed by atoms with Crippen LogP contribution in [0.5, 0.6) is 0 Å². The Morgan fingerprint density at radius 2 is 2.00 bits per heavy atom. The largest absolute Gasteiger partial charge is 0.480 e. The third kappa shape index (κ3) is 8.95. The number of carbonyl (C=O) groups excluding carboxylic acids is 1. The lowest BCUT2D eigenvalue weighted by atomic mass is 10.2. The Kier molecular flexibility index (Phi) is 9.22.